The normalized spacial score (nSPS) is 12.1. The van der Waals surface area contributed by atoms with Crippen LogP contribution in [0.1, 0.15) is 50.7 Å². The molecular weight excluding hydrogens is 469 g/mol. The first-order valence-corrected chi connectivity index (χ1v) is 13.7. The van der Waals surface area contributed by atoms with Crippen molar-refractivity contribution >= 4 is 27.5 Å². The summed E-state index contributed by atoms with van der Waals surface area (Å²) >= 11 is 0. The van der Waals surface area contributed by atoms with Gasteiger partial charge in [0.2, 0.25) is 21.8 Å². The molecule has 9 heteroatoms. The summed E-state index contributed by atoms with van der Waals surface area (Å²) < 4.78 is 39.8. The van der Waals surface area contributed by atoms with Gasteiger partial charge in [-0.05, 0) is 49.9 Å². The molecule has 1 N–H and O–H groups in total. The Morgan fingerprint density at radius 1 is 1.06 bits per heavy atom. The number of anilines is 1. The third-order valence-corrected chi connectivity index (χ3v) is 7.05. The van der Waals surface area contributed by atoms with Crippen LogP contribution in [-0.2, 0) is 26.2 Å². The van der Waals surface area contributed by atoms with Gasteiger partial charge in [-0.25, -0.2) is 12.8 Å². The predicted molar refractivity (Wildman–Crippen MR) is 137 cm³/mol. The van der Waals surface area contributed by atoms with Crippen molar-refractivity contribution in [3.05, 3.63) is 65.5 Å². The summed E-state index contributed by atoms with van der Waals surface area (Å²) in [6.45, 7) is 6.42. The molecule has 2 rings (SSSR count). The lowest BCUT2D eigenvalue weighted by molar-refractivity contribution is -0.140. The van der Waals surface area contributed by atoms with E-state index in [9.17, 15) is 22.4 Å². The molecule has 0 aliphatic carbocycles. The van der Waals surface area contributed by atoms with Crippen molar-refractivity contribution in [2.45, 2.75) is 59.0 Å². The Balaban J connectivity index is 2.16. The second kappa shape index (κ2) is 13.2. The molecule has 192 valence electrons. The van der Waals surface area contributed by atoms with Gasteiger partial charge in [0.05, 0.1) is 11.9 Å². The number of carbonyl (C=O) groups excluding carboxylic acids is 2. The fourth-order valence-corrected chi connectivity index (χ4v) is 4.69. The van der Waals surface area contributed by atoms with E-state index < -0.39 is 21.9 Å². The number of sulfonamides is 1. The van der Waals surface area contributed by atoms with Crippen LogP contribution < -0.4 is 9.62 Å². The summed E-state index contributed by atoms with van der Waals surface area (Å²) in [7, 11) is -3.75. The van der Waals surface area contributed by atoms with E-state index in [4.69, 9.17) is 0 Å². The molecule has 0 heterocycles. The number of unbranched alkanes of at least 4 members (excludes halogenated alkanes) is 1. The highest BCUT2D eigenvalue weighted by atomic mass is 32.2. The molecule has 1 atom stereocenters. The Kier molecular flexibility index (Phi) is 10.7. The number of hydrogen-bond donors (Lipinski definition) is 1. The van der Waals surface area contributed by atoms with E-state index in [1.165, 1.54) is 23.1 Å². The molecular formula is C26H36FN3O4S. The second-order valence-electron chi connectivity index (χ2n) is 8.66. The highest BCUT2D eigenvalue weighted by molar-refractivity contribution is 7.92. The number of nitrogens with zero attached hydrogens (tertiary/aromatic N) is 2. The van der Waals surface area contributed by atoms with E-state index in [1.54, 1.807) is 13.0 Å². The summed E-state index contributed by atoms with van der Waals surface area (Å²) in [5, 5.41) is 2.88. The molecule has 2 aromatic carbocycles. The summed E-state index contributed by atoms with van der Waals surface area (Å²) in [5.41, 5.74) is 1.88. The van der Waals surface area contributed by atoms with Gasteiger partial charge in [-0.15, -0.1) is 0 Å². The van der Waals surface area contributed by atoms with Crippen LogP contribution in [0.3, 0.4) is 0 Å². The van der Waals surface area contributed by atoms with Crippen LogP contribution in [0.15, 0.2) is 48.5 Å². The Morgan fingerprint density at radius 2 is 1.71 bits per heavy atom. The van der Waals surface area contributed by atoms with Gasteiger partial charge >= 0.3 is 0 Å². The molecule has 0 saturated carbocycles. The van der Waals surface area contributed by atoms with Crippen LogP contribution in [0, 0.1) is 12.7 Å². The molecule has 0 bridgehead atoms. The van der Waals surface area contributed by atoms with Crippen molar-refractivity contribution in [2.24, 2.45) is 0 Å². The van der Waals surface area contributed by atoms with Crippen molar-refractivity contribution in [3.63, 3.8) is 0 Å². The van der Waals surface area contributed by atoms with Crippen molar-refractivity contribution < 1.29 is 22.4 Å². The van der Waals surface area contributed by atoms with Crippen molar-refractivity contribution in [2.75, 3.05) is 23.7 Å². The lowest BCUT2D eigenvalue weighted by Crippen LogP contribution is -2.48. The van der Waals surface area contributed by atoms with Gasteiger partial charge in [-0.2, -0.15) is 0 Å². The number of halogens is 1. The van der Waals surface area contributed by atoms with Gasteiger partial charge in [0.15, 0.2) is 0 Å². The smallest absolute Gasteiger partial charge is 0.242 e. The van der Waals surface area contributed by atoms with Crippen LogP contribution in [-0.4, -0.2) is 50.5 Å². The maximum atomic E-state index is 14.3. The number of rotatable bonds is 13. The summed E-state index contributed by atoms with van der Waals surface area (Å²) in [6.07, 6.45) is 2.99. The Bertz CT molecular complexity index is 1110. The fourth-order valence-electron chi connectivity index (χ4n) is 3.73. The molecule has 0 aliphatic rings. The lowest BCUT2D eigenvalue weighted by atomic mass is 10.1. The van der Waals surface area contributed by atoms with E-state index in [0.717, 1.165) is 34.5 Å². The van der Waals surface area contributed by atoms with Crippen molar-refractivity contribution in [1.29, 1.82) is 0 Å². The fraction of sp³-hybridized carbons (Fsp3) is 0.462. The van der Waals surface area contributed by atoms with Gasteiger partial charge in [0.1, 0.15) is 11.9 Å². The second-order valence-corrected chi connectivity index (χ2v) is 10.6. The molecule has 0 spiro atoms. The van der Waals surface area contributed by atoms with Crippen molar-refractivity contribution in [1.82, 2.24) is 10.2 Å². The van der Waals surface area contributed by atoms with E-state index in [1.807, 2.05) is 38.1 Å². The van der Waals surface area contributed by atoms with Crippen LogP contribution >= 0.6 is 0 Å². The topological polar surface area (TPSA) is 86.8 Å². The largest absolute Gasteiger partial charge is 0.354 e. The van der Waals surface area contributed by atoms with Crippen LogP contribution in [0.4, 0.5) is 10.1 Å². The first kappa shape index (κ1) is 28.3. The number of carbonyl (C=O) groups is 2. The molecule has 2 amide bonds. The number of benzene rings is 2. The summed E-state index contributed by atoms with van der Waals surface area (Å²) in [4.78, 5) is 27.5. The third-order valence-electron chi connectivity index (χ3n) is 5.87. The minimum Gasteiger partial charge on any atom is -0.354 e. The molecule has 2 aromatic rings. The number of amides is 2. The molecule has 0 saturated heterocycles. The highest BCUT2D eigenvalue weighted by Crippen LogP contribution is 2.22. The van der Waals surface area contributed by atoms with Gasteiger partial charge < -0.3 is 10.2 Å². The monoisotopic (exact) mass is 505 g/mol. The maximum absolute atomic E-state index is 14.3. The minimum absolute atomic E-state index is 0.0128. The zero-order valence-corrected chi connectivity index (χ0v) is 21.8. The zero-order valence-electron chi connectivity index (χ0n) is 21.0. The summed E-state index contributed by atoms with van der Waals surface area (Å²) in [6, 6.07) is 12.6. The van der Waals surface area contributed by atoms with Gasteiger partial charge in [-0.1, -0.05) is 49.7 Å². The van der Waals surface area contributed by atoms with Crippen LogP contribution in [0.2, 0.25) is 0 Å². The molecule has 0 fully saturated rings. The predicted octanol–water partition coefficient (Wildman–Crippen LogP) is 4.01. The summed E-state index contributed by atoms with van der Waals surface area (Å²) in [5.74, 6) is -1.15. The number of hydrogen-bond acceptors (Lipinski definition) is 4. The average Bonchev–Trinajstić information content (AvgIpc) is 2.80. The van der Waals surface area contributed by atoms with Crippen molar-refractivity contribution in [3.8, 4) is 0 Å². The number of para-hydroxylation sites is 1. The van der Waals surface area contributed by atoms with Crippen LogP contribution in [0.5, 0.6) is 0 Å². The zero-order chi connectivity index (χ0) is 26.0. The average molecular weight is 506 g/mol. The first-order chi connectivity index (χ1) is 16.6. The third kappa shape index (κ3) is 8.35. The van der Waals surface area contributed by atoms with Gasteiger partial charge in [-0.3, -0.25) is 13.9 Å². The van der Waals surface area contributed by atoms with Gasteiger partial charge in [0.25, 0.3) is 0 Å². The Labute approximate surface area is 208 Å². The molecule has 35 heavy (non-hydrogen) atoms. The van der Waals surface area contributed by atoms with Gasteiger partial charge in [0, 0.05) is 26.1 Å². The van der Waals surface area contributed by atoms with Crippen LogP contribution in [0.25, 0.3) is 0 Å². The molecule has 7 nitrogen and oxygen atoms in total. The molecule has 0 aliphatic heterocycles. The highest BCUT2D eigenvalue weighted by Gasteiger charge is 2.27. The first-order valence-electron chi connectivity index (χ1n) is 11.9. The molecule has 0 aromatic heterocycles. The lowest BCUT2D eigenvalue weighted by Gasteiger charge is -2.30. The molecule has 0 radical (unpaired) electrons. The van der Waals surface area contributed by atoms with E-state index in [-0.39, 0.29) is 43.4 Å². The molecule has 1 unspecified atom stereocenters. The Hall–Kier alpha value is -2.94. The van der Waals surface area contributed by atoms with E-state index in [2.05, 4.69) is 5.32 Å². The maximum Gasteiger partial charge on any atom is 0.242 e. The Morgan fingerprint density at radius 3 is 2.34 bits per heavy atom. The minimum atomic E-state index is -3.75. The van der Waals surface area contributed by atoms with E-state index >= 15 is 0 Å². The SMILES string of the molecule is CCCCNC(=O)C(C)N(Cc1ccccc1C)C(=O)CCCN(c1ccccc1F)S(C)(=O)=O. The van der Waals surface area contributed by atoms with E-state index in [0.29, 0.717) is 6.54 Å². The quantitative estimate of drug-likeness (QED) is 0.417. The number of aryl methyl sites for hydroxylation is 1. The number of nitrogens with one attached hydrogen (secondary N) is 1. The standard InChI is InChI=1S/C26H36FN3O4S/c1-5-6-17-28-26(32)21(3)29(19-22-13-8-7-12-20(22)2)25(31)16-11-18-30(35(4,33)34)24-15-10-9-14-23(24)27/h7-10,12-15,21H,5-6,11,16-19H2,1-4H3,(H,28,32).